The average molecular weight is 458 g/mol. The Hall–Kier alpha value is -2.48. The Morgan fingerprint density at radius 2 is 1.50 bits per heavy atom. The van der Waals surface area contributed by atoms with Gasteiger partial charge in [-0.3, -0.25) is 14.4 Å². The molecule has 0 aliphatic heterocycles. The maximum atomic E-state index is 12.5. The summed E-state index contributed by atoms with van der Waals surface area (Å²) in [7, 11) is 0.241. The summed E-state index contributed by atoms with van der Waals surface area (Å²) in [6, 6.07) is 20.7. The third-order valence-electron chi connectivity index (χ3n) is 5.79. The number of hydrogen-bond acceptors (Lipinski definition) is 4. The Kier molecular flexibility index (Phi) is 9.18. The van der Waals surface area contributed by atoms with Crippen molar-refractivity contribution in [3.63, 3.8) is 0 Å². The third-order valence-corrected chi connectivity index (χ3v) is 10.8. The van der Waals surface area contributed by atoms with Crippen LogP contribution in [0.3, 0.4) is 0 Å². The molecule has 32 heavy (non-hydrogen) atoms. The van der Waals surface area contributed by atoms with E-state index < -0.39 is 20.2 Å². The number of amides is 1. The molecule has 0 aliphatic carbocycles. The van der Waals surface area contributed by atoms with Crippen molar-refractivity contribution < 1.29 is 24.0 Å². The van der Waals surface area contributed by atoms with Gasteiger partial charge in [-0.2, -0.15) is 0 Å². The molecule has 0 aliphatic rings. The second-order valence-electron chi connectivity index (χ2n) is 8.97. The van der Waals surface area contributed by atoms with Crippen molar-refractivity contribution >= 4 is 30.6 Å². The maximum absolute atomic E-state index is 12.5. The molecule has 0 bridgehead atoms. The van der Waals surface area contributed by atoms with Crippen LogP contribution in [-0.4, -0.2) is 51.1 Å². The lowest BCUT2D eigenvalue weighted by Crippen LogP contribution is -2.66. The third kappa shape index (κ3) is 6.06. The molecular weight excluding hydrogens is 422 g/mol. The van der Waals surface area contributed by atoms with E-state index in [1.165, 1.54) is 24.5 Å². The second kappa shape index (κ2) is 11.4. The summed E-state index contributed by atoms with van der Waals surface area (Å²) < 4.78 is 6.82. The zero-order chi connectivity index (χ0) is 23.8. The summed E-state index contributed by atoms with van der Waals surface area (Å²) in [5, 5.41) is 12.6. The van der Waals surface area contributed by atoms with Crippen LogP contribution < -0.4 is 10.4 Å². The molecular formula is C25H35NO5Si. The number of carbonyl (C=O) groups excluding carboxylic acids is 1. The number of carboxylic acids is 1. The molecule has 1 N–H and O–H groups in total. The van der Waals surface area contributed by atoms with Crippen LogP contribution in [0.25, 0.3) is 0 Å². The Labute approximate surface area is 192 Å². The molecule has 2 aromatic carbocycles. The van der Waals surface area contributed by atoms with E-state index >= 15 is 0 Å². The smallest absolute Gasteiger partial charge is 0.304 e. The van der Waals surface area contributed by atoms with E-state index in [-0.39, 0.29) is 17.4 Å². The van der Waals surface area contributed by atoms with Crippen LogP contribution in [0.4, 0.5) is 0 Å². The lowest BCUT2D eigenvalue weighted by Gasteiger charge is -2.43. The standard InChI is InChI=1S/C25H35NO5Si/c1-25(2,3)32(21-14-8-6-9-15-21,22-16-10-7-11-17-22)31-18-12-13-20(19-23(27)28)24(29)26(4)30-5/h6-11,14-17,20H,12-13,18-19H2,1-5H3,(H,27,28)/t20-/m0/s1. The molecule has 174 valence electrons. The fourth-order valence-corrected chi connectivity index (χ4v) is 8.79. The highest BCUT2D eigenvalue weighted by molar-refractivity contribution is 6.99. The highest BCUT2D eigenvalue weighted by atomic mass is 28.4. The van der Waals surface area contributed by atoms with Crippen molar-refractivity contribution in [3.8, 4) is 0 Å². The Morgan fingerprint density at radius 3 is 1.91 bits per heavy atom. The predicted octanol–water partition coefficient (Wildman–Crippen LogP) is 3.45. The molecule has 0 fully saturated rings. The van der Waals surface area contributed by atoms with Crippen molar-refractivity contribution in [2.75, 3.05) is 20.8 Å². The first-order valence-corrected chi connectivity index (χ1v) is 12.8. The van der Waals surface area contributed by atoms with Crippen LogP contribution in [0.2, 0.25) is 5.04 Å². The largest absolute Gasteiger partial charge is 0.481 e. The molecule has 2 rings (SSSR count). The molecule has 0 saturated carbocycles. The molecule has 2 aromatic rings. The molecule has 1 amide bonds. The molecule has 0 spiro atoms. The number of rotatable bonds is 11. The van der Waals surface area contributed by atoms with E-state index in [1.807, 2.05) is 36.4 Å². The van der Waals surface area contributed by atoms with Crippen molar-refractivity contribution in [3.05, 3.63) is 60.7 Å². The highest BCUT2D eigenvalue weighted by Gasteiger charge is 2.50. The number of hydrogen-bond donors (Lipinski definition) is 1. The molecule has 6 nitrogen and oxygen atoms in total. The zero-order valence-electron chi connectivity index (χ0n) is 19.7. The SMILES string of the molecule is CON(C)C(=O)[C@@H](CCCO[Si](c1ccccc1)(c1ccccc1)C(C)(C)C)CC(=O)O. The summed E-state index contributed by atoms with van der Waals surface area (Å²) in [5.41, 5.74) is 0. The molecule has 0 aromatic heterocycles. The summed E-state index contributed by atoms with van der Waals surface area (Å²) in [5.74, 6) is -1.98. The molecule has 1 atom stereocenters. The first-order chi connectivity index (χ1) is 15.1. The summed E-state index contributed by atoms with van der Waals surface area (Å²) in [6.45, 7) is 7.07. The minimum Gasteiger partial charge on any atom is -0.481 e. The van der Waals surface area contributed by atoms with E-state index in [0.717, 1.165) is 5.06 Å². The van der Waals surface area contributed by atoms with Crippen LogP contribution in [0, 0.1) is 5.92 Å². The Morgan fingerprint density at radius 1 is 1.00 bits per heavy atom. The van der Waals surface area contributed by atoms with E-state index in [2.05, 4.69) is 45.0 Å². The Balaban J connectivity index is 2.28. The van der Waals surface area contributed by atoms with Gasteiger partial charge in [0.05, 0.1) is 19.4 Å². The van der Waals surface area contributed by atoms with Crippen LogP contribution in [0.1, 0.15) is 40.0 Å². The summed E-state index contributed by atoms with van der Waals surface area (Å²) >= 11 is 0. The minimum atomic E-state index is -2.65. The summed E-state index contributed by atoms with van der Waals surface area (Å²) in [4.78, 5) is 28.8. The first-order valence-electron chi connectivity index (χ1n) is 10.9. The minimum absolute atomic E-state index is 0.137. The highest BCUT2D eigenvalue weighted by Crippen LogP contribution is 2.37. The fourth-order valence-electron chi connectivity index (χ4n) is 4.19. The van der Waals surface area contributed by atoms with E-state index in [0.29, 0.717) is 19.4 Å². The molecule has 7 heteroatoms. The monoisotopic (exact) mass is 457 g/mol. The van der Waals surface area contributed by atoms with E-state index in [1.54, 1.807) is 0 Å². The van der Waals surface area contributed by atoms with Crippen LogP contribution in [0.5, 0.6) is 0 Å². The first kappa shape index (κ1) is 25.8. The van der Waals surface area contributed by atoms with Gasteiger partial charge in [0.1, 0.15) is 0 Å². The van der Waals surface area contributed by atoms with Crippen molar-refractivity contribution in [1.29, 1.82) is 0 Å². The normalized spacial score (nSPS) is 12.9. The molecule has 0 heterocycles. The van der Waals surface area contributed by atoms with Gasteiger partial charge in [-0.05, 0) is 28.3 Å². The van der Waals surface area contributed by atoms with Gasteiger partial charge in [0.2, 0.25) is 5.91 Å². The van der Waals surface area contributed by atoms with Gasteiger partial charge in [-0.25, -0.2) is 5.06 Å². The second-order valence-corrected chi connectivity index (χ2v) is 13.3. The lowest BCUT2D eigenvalue weighted by molar-refractivity contribution is -0.175. The lowest BCUT2D eigenvalue weighted by atomic mass is 9.98. The summed E-state index contributed by atoms with van der Waals surface area (Å²) in [6.07, 6.45) is 0.758. The maximum Gasteiger partial charge on any atom is 0.304 e. The van der Waals surface area contributed by atoms with Gasteiger partial charge in [-0.1, -0.05) is 81.4 Å². The molecule has 0 unspecified atom stereocenters. The van der Waals surface area contributed by atoms with Crippen LogP contribution in [-0.2, 0) is 18.9 Å². The zero-order valence-corrected chi connectivity index (χ0v) is 20.7. The van der Waals surface area contributed by atoms with Crippen LogP contribution in [0.15, 0.2) is 60.7 Å². The van der Waals surface area contributed by atoms with Crippen LogP contribution >= 0.6 is 0 Å². The Bertz CT molecular complexity index is 827. The van der Waals surface area contributed by atoms with Gasteiger partial charge in [0, 0.05) is 13.7 Å². The van der Waals surface area contributed by atoms with Crippen molar-refractivity contribution in [2.45, 2.75) is 45.1 Å². The number of nitrogens with zero attached hydrogens (tertiary/aromatic N) is 1. The van der Waals surface area contributed by atoms with Gasteiger partial charge in [-0.15, -0.1) is 0 Å². The van der Waals surface area contributed by atoms with E-state index in [4.69, 9.17) is 9.26 Å². The predicted molar refractivity (Wildman–Crippen MR) is 128 cm³/mol. The number of hydroxylamine groups is 2. The number of aliphatic carboxylic acids is 1. The fraction of sp³-hybridized carbons (Fsp3) is 0.440. The number of benzene rings is 2. The van der Waals surface area contributed by atoms with Gasteiger partial charge in [0.15, 0.2) is 0 Å². The van der Waals surface area contributed by atoms with Gasteiger partial charge < -0.3 is 9.53 Å². The quantitative estimate of drug-likeness (QED) is 0.318. The van der Waals surface area contributed by atoms with Crippen molar-refractivity contribution in [2.24, 2.45) is 5.92 Å². The van der Waals surface area contributed by atoms with Gasteiger partial charge in [0.25, 0.3) is 8.32 Å². The van der Waals surface area contributed by atoms with Gasteiger partial charge >= 0.3 is 5.97 Å². The topological polar surface area (TPSA) is 76.1 Å². The number of carbonyl (C=O) groups is 2. The van der Waals surface area contributed by atoms with E-state index in [9.17, 15) is 14.7 Å². The average Bonchev–Trinajstić information content (AvgIpc) is 2.77. The number of carboxylic acid groups (broad SMARTS) is 1. The van der Waals surface area contributed by atoms with Crippen molar-refractivity contribution in [1.82, 2.24) is 5.06 Å². The molecule has 0 saturated heterocycles. The molecule has 0 radical (unpaired) electrons.